The highest BCUT2D eigenvalue weighted by atomic mass is 19.1. The largest absolute Gasteiger partial charge is 0.455 e. The maximum Gasteiger partial charge on any atom is 0.252 e. The summed E-state index contributed by atoms with van der Waals surface area (Å²) in [6.45, 7) is 1.98. The van der Waals surface area contributed by atoms with E-state index < -0.39 is 0 Å². The van der Waals surface area contributed by atoms with Gasteiger partial charge in [0.2, 0.25) is 11.6 Å². The number of oxazole rings is 1. The van der Waals surface area contributed by atoms with Gasteiger partial charge in [-0.15, -0.1) is 0 Å². The molecular weight excluding hydrogens is 371 g/mol. The van der Waals surface area contributed by atoms with Crippen molar-refractivity contribution < 1.29 is 13.2 Å². The molecule has 0 saturated carbocycles. The average molecular weight is 386 g/mol. The number of aryl methyl sites for hydroxylation is 1. The molecule has 0 aliphatic rings. The van der Waals surface area contributed by atoms with Crippen molar-refractivity contribution in [3.8, 4) is 28.8 Å². The van der Waals surface area contributed by atoms with Gasteiger partial charge < -0.3 is 8.83 Å². The molecule has 0 fully saturated rings. The zero-order chi connectivity index (χ0) is 20.2. The number of hydrazone groups is 1. The first kappa shape index (κ1) is 18.2. The van der Waals surface area contributed by atoms with Crippen LogP contribution in [0.4, 0.5) is 10.3 Å². The Bertz CT molecular complexity index is 1200. The number of rotatable bonds is 5. The molecule has 4 aromatic rings. The fourth-order valence-electron chi connectivity index (χ4n) is 2.64. The summed E-state index contributed by atoms with van der Waals surface area (Å²) >= 11 is 0. The van der Waals surface area contributed by atoms with Gasteiger partial charge in [0, 0.05) is 11.1 Å². The Morgan fingerprint density at radius 3 is 2.45 bits per heavy atom. The van der Waals surface area contributed by atoms with Crippen LogP contribution in [0.25, 0.3) is 22.8 Å². The van der Waals surface area contributed by atoms with Crippen molar-refractivity contribution in [2.45, 2.75) is 6.92 Å². The molecule has 29 heavy (non-hydrogen) atoms. The van der Waals surface area contributed by atoms with Crippen LogP contribution in [0.1, 0.15) is 17.0 Å². The smallest absolute Gasteiger partial charge is 0.252 e. The molecule has 0 aliphatic carbocycles. The van der Waals surface area contributed by atoms with Gasteiger partial charge in [-0.05, 0) is 55.5 Å². The summed E-state index contributed by atoms with van der Waals surface area (Å²) in [6, 6.07) is 19.1. The van der Waals surface area contributed by atoms with Crippen LogP contribution < -0.4 is 5.43 Å². The number of nitriles is 1. The van der Waals surface area contributed by atoms with Gasteiger partial charge in [0.25, 0.3) is 5.88 Å². The van der Waals surface area contributed by atoms with E-state index in [0.717, 1.165) is 16.7 Å². The van der Waals surface area contributed by atoms with Crippen LogP contribution in [-0.2, 0) is 0 Å². The highest BCUT2D eigenvalue weighted by Crippen LogP contribution is 2.26. The standard InChI is InChI=1S/C22H15FN4O2/c1-14-2-4-16(5-3-14)21-26-19(12-24)22(29-21)27-25-13-18-10-11-20(28-18)15-6-8-17(23)9-7-15/h2-11,13,27H,1H3. The van der Waals surface area contributed by atoms with Crippen molar-refractivity contribution in [1.29, 1.82) is 5.26 Å². The first-order chi connectivity index (χ1) is 14.1. The summed E-state index contributed by atoms with van der Waals surface area (Å²) in [5, 5.41) is 13.3. The number of nitrogens with zero attached hydrogens (tertiary/aromatic N) is 3. The second kappa shape index (κ2) is 7.82. The highest BCUT2D eigenvalue weighted by molar-refractivity contribution is 5.78. The molecule has 7 heteroatoms. The van der Waals surface area contributed by atoms with Crippen molar-refractivity contribution >= 4 is 12.1 Å². The lowest BCUT2D eigenvalue weighted by Gasteiger charge is -1.97. The summed E-state index contributed by atoms with van der Waals surface area (Å²) in [7, 11) is 0. The maximum absolute atomic E-state index is 13.0. The summed E-state index contributed by atoms with van der Waals surface area (Å²) in [5.74, 6) is 1.23. The summed E-state index contributed by atoms with van der Waals surface area (Å²) in [4.78, 5) is 4.19. The van der Waals surface area contributed by atoms with E-state index in [0.29, 0.717) is 17.4 Å². The van der Waals surface area contributed by atoms with Gasteiger partial charge in [0.1, 0.15) is 23.4 Å². The Morgan fingerprint density at radius 2 is 1.72 bits per heavy atom. The Balaban J connectivity index is 1.49. The van der Waals surface area contributed by atoms with Crippen molar-refractivity contribution in [2.75, 3.05) is 5.43 Å². The molecule has 2 aromatic carbocycles. The zero-order valence-electron chi connectivity index (χ0n) is 15.4. The van der Waals surface area contributed by atoms with Crippen molar-refractivity contribution in [1.82, 2.24) is 4.98 Å². The molecule has 0 bridgehead atoms. The number of furan rings is 1. The van der Waals surface area contributed by atoms with Crippen LogP contribution in [0.2, 0.25) is 0 Å². The molecule has 2 heterocycles. The van der Waals surface area contributed by atoms with E-state index in [1.807, 2.05) is 37.3 Å². The first-order valence-corrected chi connectivity index (χ1v) is 8.75. The Hall–Kier alpha value is -4.18. The van der Waals surface area contributed by atoms with E-state index in [1.54, 1.807) is 24.3 Å². The molecule has 1 N–H and O–H groups in total. The maximum atomic E-state index is 13.0. The van der Waals surface area contributed by atoms with Gasteiger partial charge in [-0.25, -0.2) is 9.82 Å². The quantitative estimate of drug-likeness (QED) is 0.368. The highest BCUT2D eigenvalue weighted by Gasteiger charge is 2.14. The lowest BCUT2D eigenvalue weighted by molar-refractivity contribution is 0.573. The third-order valence-corrected chi connectivity index (χ3v) is 4.14. The lowest BCUT2D eigenvalue weighted by atomic mass is 10.1. The van der Waals surface area contributed by atoms with Crippen LogP contribution in [0.5, 0.6) is 0 Å². The van der Waals surface area contributed by atoms with E-state index in [4.69, 9.17) is 8.83 Å². The molecule has 0 saturated heterocycles. The molecule has 2 aromatic heterocycles. The molecule has 0 spiro atoms. The molecule has 142 valence electrons. The van der Waals surface area contributed by atoms with E-state index in [1.165, 1.54) is 18.3 Å². The average Bonchev–Trinajstić information content (AvgIpc) is 3.36. The van der Waals surface area contributed by atoms with E-state index in [9.17, 15) is 9.65 Å². The van der Waals surface area contributed by atoms with Crippen LogP contribution in [0.15, 0.2) is 74.6 Å². The molecule has 6 nitrogen and oxygen atoms in total. The fourth-order valence-corrected chi connectivity index (χ4v) is 2.64. The van der Waals surface area contributed by atoms with Gasteiger partial charge >= 0.3 is 0 Å². The molecule has 4 rings (SSSR count). The minimum Gasteiger partial charge on any atom is -0.455 e. The summed E-state index contributed by atoms with van der Waals surface area (Å²) in [6.07, 6.45) is 1.45. The first-order valence-electron chi connectivity index (χ1n) is 8.75. The van der Waals surface area contributed by atoms with Crippen molar-refractivity contribution in [2.24, 2.45) is 5.10 Å². The zero-order valence-corrected chi connectivity index (χ0v) is 15.4. The van der Waals surface area contributed by atoms with E-state index in [-0.39, 0.29) is 17.4 Å². The normalized spacial score (nSPS) is 10.9. The van der Waals surface area contributed by atoms with Crippen LogP contribution in [-0.4, -0.2) is 11.2 Å². The fraction of sp³-hybridized carbons (Fsp3) is 0.0455. The number of anilines is 1. The van der Waals surface area contributed by atoms with Gasteiger partial charge in [-0.3, -0.25) is 0 Å². The predicted molar refractivity (Wildman–Crippen MR) is 107 cm³/mol. The van der Waals surface area contributed by atoms with Crippen LogP contribution in [0.3, 0.4) is 0 Å². The SMILES string of the molecule is Cc1ccc(-c2nc(C#N)c(NN=Cc3ccc(-c4ccc(F)cc4)o3)o2)cc1. The third-order valence-electron chi connectivity index (χ3n) is 4.14. The van der Waals surface area contributed by atoms with Crippen molar-refractivity contribution in [3.05, 3.63) is 83.5 Å². The monoisotopic (exact) mass is 386 g/mol. The topological polar surface area (TPSA) is 87.4 Å². The minimum atomic E-state index is -0.309. The van der Waals surface area contributed by atoms with Gasteiger partial charge in [0.05, 0.1) is 6.21 Å². The Labute approximate surface area is 165 Å². The molecule has 0 radical (unpaired) electrons. The third kappa shape index (κ3) is 4.06. The molecule has 0 unspecified atom stereocenters. The number of aromatic nitrogens is 1. The van der Waals surface area contributed by atoms with E-state index >= 15 is 0 Å². The van der Waals surface area contributed by atoms with Crippen LogP contribution >= 0.6 is 0 Å². The number of benzene rings is 2. The number of hydrogen-bond donors (Lipinski definition) is 1. The second-order valence-electron chi connectivity index (χ2n) is 6.25. The minimum absolute atomic E-state index is 0.101. The molecule has 0 aliphatic heterocycles. The Kier molecular flexibility index (Phi) is 4.91. The number of nitrogens with one attached hydrogen (secondary N) is 1. The van der Waals surface area contributed by atoms with Gasteiger partial charge in [-0.1, -0.05) is 17.7 Å². The number of halogens is 1. The molecule has 0 atom stereocenters. The van der Waals surface area contributed by atoms with Gasteiger partial charge in [-0.2, -0.15) is 15.3 Å². The van der Waals surface area contributed by atoms with E-state index in [2.05, 4.69) is 15.5 Å². The summed E-state index contributed by atoms with van der Waals surface area (Å²) in [5.41, 5.74) is 5.41. The Morgan fingerprint density at radius 1 is 1.00 bits per heavy atom. The van der Waals surface area contributed by atoms with Gasteiger partial charge in [0.15, 0.2) is 0 Å². The van der Waals surface area contributed by atoms with Crippen molar-refractivity contribution in [3.63, 3.8) is 0 Å². The number of hydrogen-bond acceptors (Lipinski definition) is 6. The second-order valence-corrected chi connectivity index (χ2v) is 6.25. The lowest BCUT2D eigenvalue weighted by Crippen LogP contribution is -1.90. The van der Waals surface area contributed by atoms with Crippen LogP contribution in [0, 0.1) is 24.1 Å². The molecule has 0 amide bonds. The predicted octanol–water partition coefficient (Wildman–Crippen LogP) is 5.37. The molecular formula is C22H15FN4O2. The summed E-state index contributed by atoms with van der Waals surface area (Å²) < 4.78 is 24.3.